The molecule has 1 aromatic carbocycles. The van der Waals surface area contributed by atoms with E-state index in [1.807, 2.05) is 60.3 Å². The third-order valence-electron chi connectivity index (χ3n) is 5.90. The minimum atomic E-state index is 0.0804. The zero-order valence-electron chi connectivity index (χ0n) is 17.9. The molecule has 2 fully saturated rings. The number of carbonyl (C=O) groups is 1. The first-order valence-electron chi connectivity index (χ1n) is 10.7. The van der Waals surface area contributed by atoms with Crippen molar-refractivity contribution in [2.24, 2.45) is 0 Å². The number of pyridine rings is 1. The van der Waals surface area contributed by atoms with Gasteiger partial charge in [-0.05, 0) is 49.2 Å². The van der Waals surface area contributed by atoms with E-state index in [-0.39, 0.29) is 5.91 Å². The Labute approximate surface area is 181 Å². The van der Waals surface area contributed by atoms with E-state index in [4.69, 9.17) is 4.52 Å². The topological polar surface area (TPSA) is 78.6 Å². The minimum absolute atomic E-state index is 0.0804. The molecule has 8 heteroatoms. The maximum Gasteiger partial charge on any atom is 0.253 e. The highest BCUT2D eigenvalue weighted by Crippen LogP contribution is 2.39. The molecule has 1 saturated carbocycles. The number of hydrogen-bond donors (Lipinski definition) is 0. The molecule has 1 aliphatic carbocycles. The van der Waals surface area contributed by atoms with E-state index in [9.17, 15) is 4.79 Å². The summed E-state index contributed by atoms with van der Waals surface area (Å²) in [5, 5.41) is 4.08. The Balaban J connectivity index is 1.19. The molecule has 5 rings (SSSR count). The van der Waals surface area contributed by atoms with Crippen molar-refractivity contribution in [2.45, 2.75) is 18.8 Å². The van der Waals surface area contributed by atoms with Gasteiger partial charge in [0.2, 0.25) is 11.7 Å². The van der Waals surface area contributed by atoms with E-state index in [2.05, 4.69) is 20.0 Å². The molecular formula is C23H26N6O2. The second-order valence-electron chi connectivity index (χ2n) is 8.36. The summed E-state index contributed by atoms with van der Waals surface area (Å²) in [6.07, 6.45) is 4.06. The molecule has 1 amide bonds. The SMILES string of the molecule is CN(C)c1ccc(C(=O)N2CCN(c3ccc(-c4noc(C5CC5)n4)cn3)CC2)cc1. The lowest BCUT2D eigenvalue weighted by molar-refractivity contribution is 0.0746. The van der Waals surface area contributed by atoms with Gasteiger partial charge in [-0.15, -0.1) is 0 Å². The number of carbonyl (C=O) groups excluding carboxylic acids is 1. The third-order valence-corrected chi connectivity index (χ3v) is 5.90. The highest BCUT2D eigenvalue weighted by molar-refractivity contribution is 5.94. The standard InChI is InChI=1S/C23H26N6O2/c1-27(2)19-8-5-17(6-9-19)23(30)29-13-11-28(12-14-29)20-10-7-18(15-24-20)21-25-22(31-26-21)16-3-4-16/h5-10,15-16H,3-4,11-14H2,1-2H3. The fraction of sp³-hybridized carbons (Fsp3) is 0.391. The van der Waals surface area contributed by atoms with Crippen LogP contribution in [0.1, 0.15) is 35.0 Å². The molecule has 1 saturated heterocycles. The molecule has 0 unspecified atom stereocenters. The fourth-order valence-electron chi connectivity index (χ4n) is 3.78. The summed E-state index contributed by atoms with van der Waals surface area (Å²) in [4.78, 5) is 28.1. The van der Waals surface area contributed by atoms with E-state index in [0.29, 0.717) is 24.8 Å². The third kappa shape index (κ3) is 4.10. The van der Waals surface area contributed by atoms with Crippen LogP contribution >= 0.6 is 0 Å². The van der Waals surface area contributed by atoms with E-state index >= 15 is 0 Å². The Morgan fingerprint density at radius 1 is 1.03 bits per heavy atom. The number of amides is 1. The number of piperazine rings is 1. The smallest absolute Gasteiger partial charge is 0.253 e. The lowest BCUT2D eigenvalue weighted by atomic mass is 10.1. The van der Waals surface area contributed by atoms with Gasteiger partial charge in [-0.3, -0.25) is 4.79 Å². The summed E-state index contributed by atoms with van der Waals surface area (Å²) in [5.41, 5.74) is 2.67. The van der Waals surface area contributed by atoms with Gasteiger partial charge in [0, 0.05) is 69.2 Å². The van der Waals surface area contributed by atoms with Gasteiger partial charge < -0.3 is 19.2 Å². The summed E-state index contributed by atoms with van der Waals surface area (Å²) in [5.74, 6) is 2.75. The van der Waals surface area contributed by atoms with Crippen LogP contribution in [-0.2, 0) is 0 Å². The molecule has 0 N–H and O–H groups in total. The van der Waals surface area contributed by atoms with Crippen molar-refractivity contribution < 1.29 is 9.32 Å². The number of benzene rings is 1. The van der Waals surface area contributed by atoms with Crippen molar-refractivity contribution in [1.82, 2.24) is 20.0 Å². The fourth-order valence-corrected chi connectivity index (χ4v) is 3.78. The molecule has 0 atom stereocenters. The van der Waals surface area contributed by atoms with Crippen molar-refractivity contribution in [3.63, 3.8) is 0 Å². The summed E-state index contributed by atoms with van der Waals surface area (Å²) < 4.78 is 5.34. The highest BCUT2D eigenvalue weighted by atomic mass is 16.5. The molecule has 2 aliphatic rings. The van der Waals surface area contributed by atoms with Crippen molar-refractivity contribution in [3.05, 3.63) is 54.0 Å². The van der Waals surface area contributed by atoms with Crippen LogP contribution in [0.25, 0.3) is 11.4 Å². The van der Waals surface area contributed by atoms with Crippen LogP contribution in [0.3, 0.4) is 0 Å². The molecule has 0 bridgehead atoms. The quantitative estimate of drug-likeness (QED) is 0.630. The predicted molar refractivity (Wildman–Crippen MR) is 118 cm³/mol. The minimum Gasteiger partial charge on any atom is -0.378 e. The first-order chi connectivity index (χ1) is 15.1. The molecule has 3 aromatic rings. The molecule has 0 spiro atoms. The zero-order chi connectivity index (χ0) is 21.4. The van der Waals surface area contributed by atoms with Crippen LogP contribution in [0.2, 0.25) is 0 Å². The summed E-state index contributed by atoms with van der Waals surface area (Å²) >= 11 is 0. The second kappa shape index (κ2) is 8.02. The van der Waals surface area contributed by atoms with Gasteiger partial charge in [-0.2, -0.15) is 4.98 Å². The van der Waals surface area contributed by atoms with E-state index in [0.717, 1.165) is 54.5 Å². The van der Waals surface area contributed by atoms with Gasteiger partial charge in [0.1, 0.15) is 5.82 Å². The van der Waals surface area contributed by atoms with Gasteiger partial charge in [0.05, 0.1) is 0 Å². The van der Waals surface area contributed by atoms with Crippen LogP contribution in [-0.4, -0.2) is 66.2 Å². The first-order valence-corrected chi connectivity index (χ1v) is 10.7. The average molecular weight is 419 g/mol. The van der Waals surface area contributed by atoms with Crippen molar-refractivity contribution in [1.29, 1.82) is 0 Å². The zero-order valence-corrected chi connectivity index (χ0v) is 17.9. The van der Waals surface area contributed by atoms with E-state index in [1.54, 1.807) is 6.20 Å². The number of nitrogens with zero attached hydrogens (tertiary/aromatic N) is 6. The maximum atomic E-state index is 12.8. The van der Waals surface area contributed by atoms with Gasteiger partial charge in [-0.1, -0.05) is 5.16 Å². The predicted octanol–water partition coefficient (Wildman–Crippen LogP) is 3.04. The van der Waals surface area contributed by atoms with Crippen LogP contribution < -0.4 is 9.80 Å². The van der Waals surface area contributed by atoms with Crippen LogP contribution in [0, 0.1) is 0 Å². The summed E-state index contributed by atoms with van der Waals surface area (Å²) in [7, 11) is 3.98. The Hall–Kier alpha value is -3.42. The molecule has 160 valence electrons. The Morgan fingerprint density at radius 2 is 1.77 bits per heavy atom. The van der Waals surface area contributed by atoms with Crippen molar-refractivity contribution in [2.75, 3.05) is 50.1 Å². The Kier molecular flexibility index (Phi) is 5.05. The van der Waals surface area contributed by atoms with Crippen LogP contribution in [0.4, 0.5) is 11.5 Å². The summed E-state index contributed by atoms with van der Waals surface area (Å²) in [6, 6.07) is 11.7. The lowest BCUT2D eigenvalue weighted by Gasteiger charge is -2.35. The number of aromatic nitrogens is 3. The van der Waals surface area contributed by atoms with E-state index in [1.165, 1.54) is 0 Å². The maximum absolute atomic E-state index is 12.8. The summed E-state index contributed by atoms with van der Waals surface area (Å²) in [6.45, 7) is 2.85. The molecule has 0 radical (unpaired) electrons. The van der Waals surface area contributed by atoms with Crippen molar-refractivity contribution >= 4 is 17.4 Å². The molecule has 1 aliphatic heterocycles. The highest BCUT2D eigenvalue weighted by Gasteiger charge is 2.30. The number of rotatable bonds is 5. The normalized spacial score (nSPS) is 16.5. The van der Waals surface area contributed by atoms with E-state index < -0.39 is 0 Å². The Morgan fingerprint density at radius 3 is 2.39 bits per heavy atom. The van der Waals surface area contributed by atoms with Gasteiger partial charge in [-0.25, -0.2) is 4.98 Å². The molecule has 31 heavy (non-hydrogen) atoms. The number of hydrogen-bond acceptors (Lipinski definition) is 7. The molecule has 3 heterocycles. The first kappa shape index (κ1) is 19.5. The Bertz CT molecular complexity index is 1050. The average Bonchev–Trinajstić information content (AvgIpc) is 3.55. The van der Waals surface area contributed by atoms with Crippen LogP contribution in [0.5, 0.6) is 0 Å². The molecular weight excluding hydrogens is 392 g/mol. The van der Waals surface area contributed by atoms with Gasteiger partial charge in [0.25, 0.3) is 5.91 Å². The lowest BCUT2D eigenvalue weighted by Crippen LogP contribution is -2.49. The van der Waals surface area contributed by atoms with Crippen molar-refractivity contribution in [3.8, 4) is 11.4 Å². The molecule has 2 aromatic heterocycles. The van der Waals surface area contributed by atoms with Crippen LogP contribution in [0.15, 0.2) is 47.1 Å². The van der Waals surface area contributed by atoms with Gasteiger partial charge >= 0.3 is 0 Å². The number of anilines is 2. The van der Waals surface area contributed by atoms with Gasteiger partial charge in [0.15, 0.2) is 0 Å². The second-order valence-corrected chi connectivity index (χ2v) is 8.36. The largest absolute Gasteiger partial charge is 0.378 e. The molecule has 8 nitrogen and oxygen atoms in total. The monoisotopic (exact) mass is 418 g/mol.